The fourth-order valence-electron chi connectivity index (χ4n) is 3.29. The zero-order valence-electron chi connectivity index (χ0n) is 14.4. The summed E-state index contributed by atoms with van der Waals surface area (Å²) in [5.41, 5.74) is 3.12. The van der Waals surface area contributed by atoms with Crippen LogP contribution in [0.2, 0.25) is 0 Å². The lowest BCUT2D eigenvalue weighted by molar-refractivity contribution is -0.137. The number of carbonyl (C=O) groups is 2. The van der Waals surface area contributed by atoms with E-state index < -0.39 is 11.9 Å². The molecule has 0 radical (unpaired) electrons. The molecular weight excluding hydrogens is 332 g/mol. The van der Waals surface area contributed by atoms with Gasteiger partial charge >= 0.3 is 11.9 Å². The number of benzene rings is 2. The molecule has 0 aromatic heterocycles. The molecule has 0 amide bonds. The normalized spacial score (nSPS) is 17.0. The lowest BCUT2D eigenvalue weighted by Gasteiger charge is -2.23. The quantitative estimate of drug-likeness (QED) is 0.739. The van der Waals surface area contributed by atoms with Gasteiger partial charge in [-0.2, -0.15) is 0 Å². The third-order valence-electron chi connectivity index (χ3n) is 4.57. The van der Waals surface area contributed by atoms with Crippen LogP contribution in [0.3, 0.4) is 0 Å². The van der Waals surface area contributed by atoms with E-state index in [1.165, 1.54) is 5.56 Å². The lowest BCUT2D eigenvalue weighted by Crippen LogP contribution is -2.36. The van der Waals surface area contributed by atoms with Crippen molar-refractivity contribution in [1.29, 1.82) is 0 Å². The van der Waals surface area contributed by atoms with Gasteiger partial charge in [0.05, 0.1) is 12.0 Å². The molecule has 1 aliphatic rings. The van der Waals surface area contributed by atoms with Crippen LogP contribution in [0.5, 0.6) is 0 Å². The zero-order chi connectivity index (χ0) is 18.5. The number of rotatable bonds is 6. The second kappa shape index (κ2) is 8.01. The number of aromatic carboxylic acids is 1. The van der Waals surface area contributed by atoms with E-state index in [1.807, 2.05) is 24.3 Å². The van der Waals surface area contributed by atoms with Crippen LogP contribution in [0, 0.1) is 0 Å². The summed E-state index contributed by atoms with van der Waals surface area (Å²) >= 11 is 0. The predicted molar refractivity (Wildman–Crippen MR) is 98.5 cm³/mol. The third kappa shape index (κ3) is 4.61. The summed E-state index contributed by atoms with van der Waals surface area (Å²) in [7, 11) is 0. The van der Waals surface area contributed by atoms with Gasteiger partial charge in [-0.25, -0.2) is 4.79 Å². The molecule has 6 heteroatoms. The van der Waals surface area contributed by atoms with Crippen LogP contribution in [0.4, 0.5) is 5.69 Å². The molecule has 0 bridgehead atoms. The van der Waals surface area contributed by atoms with Crippen molar-refractivity contribution in [2.24, 2.45) is 0 Å². The first-order valence-electron chi connectivity index (χ1n) is 8.62. The van der Waals surface area contributed by atoms with Crippen molar-refractivity contribution >= 4 is 17.6 Å². The molecule has 136 valence electrons. The molecule has 6 nitrogen and oxygen atoms in total. The van der Waals surface area contributed by atoms with Gasteiger partial charge in [0, 0.05) is 31.4 Å². The number of carboxylic acids is 2. The lowest BCUT2D eigenvalue weighted by atomic mass is 10.1. The monoisotopic (exact) mass is 354 g/mol. The highest BCUT2D eigenvalue weighted by atomic mass is 16.4. The van der Waals surface area contributed by atoms with Crippen LogP contribution in [0.15, 0.2) is 48.5 Å². The fraction of sp³-hybridized carbons (Fsp3) is 0.300. The van der Waals surface area contributed by atoms with Gasteiger partial charge in [-0.05, 0) is 29.7 Å². The molecule has 26 heavy (non-hydrogen) atoms. The van der Waals surface area contributed by atoms with Crippen LogP contribution in [0.1, 0.15) is 27.9 Å². The summed E-state index contributed by atoms with van der Waals surface area (Å²) in [6.07, 6.45) is 0.863. The number of fused-ring (bicyclic) bond motifs is 1. The summed E-state index contributed by atoms with van der Waals surface area (Å²) < 4.78 is 0. The Kier molecular flexibility index (Phi) is 5.53. The number of anilines is 1. The standard InChI is InChI=1S/C20H22N2O4/c23-19(24)11-17-13-22(9-8-14-4-2-1-3-5-14)12-16-7-6-15(20(25)26)10-18(16)21-17/h1-7,10,17,21H,8-9,11-13H2,(H,23,24)(H,25,26)/t17-/m1/s1. The molecule has 0 saturated heterocycles. The van der Waals surface area contributed by atoms with Crippen LogP contribution in [-0.4, -0.2) is 46.2 Å². The second-order valence-corrected chi connectivity index (χ2v) is 6.59. The summed E-state index contributed by atoms with van der Waals surface area (Å²) in [6.45, 7) is 2.06. The molecule has 0 spiro atoms. The van der Waals surface area contributed by atoms with Gasteiger partial charge < -0.3 is 15.5 Å². The van der Waals surface area contributed by atoms with Crippen molar-refractivity contribution in [1.82, 2.24) is 4.90 Å². The van der Waals surface area contributed by atoms with Gasteiger partial charge in [-0.1, -0.05) is 36.4 Å². The van der Waals surface area contributed by atoms with E-state index in [-0.39, 0.29) is 18.0 Å². The maximum atomic E-state index is 11.2. The molecule has 3 rings (SSSR count). The SMILES string of the molecule is O=C(O)C[C@@H]1CN(CCc2ccccc2)Cc2ccc(C(=O)O)cc2N1. The molecular formula is C20H22N2O4. The molecule has 2 aromatic rings. The number of nitrogens with zero attached hydrogens (tertiary/aromatic N) is 1. The Hall–Kier alpha value is -2.86. The van der Waals surface area contributed by atoms with E-state index in [1.54, 1.807) is 12.1 Å². The van der Waals surface area contributed by atoms with Crippen molar-refractivity contribution in [3.63, 3.8) is 0 Å². The molecule has 1 aliphatic heterocycles. The Bertz CT molecular complexity index is 792. The van der Waals surface area contributed by atoms with Crippen molar-refractivity contribution < 1.29 is 19.8 Å². The molecule has 0 saturated carbocycles. The fourth-order valence-corrected chi connectivity index (χ4v) is 3.29. The smallest absolute Gasteiger partial charge is 0.335 e. The van der Waals surface area contributed by atoms with E-state index >= 15 is 0 Å². The van der Waals surface area contributed by atoms with Gasteiger partial charge in [0.2, 0.25) is 0 Å². The van der Waals surface area contributed by atoms with Crippen LogP contribution >= 0.6 is 0 Å². The summed E-state index contributed by atoms with van der Waals surface area (Å²) in [5.74, 6) is -1.86. The minimum absolute atomic E-state index is 0.0153. The average molecular weight is 354 g/mol. The van der Waals surface area contributed by atoms with Gasteiger partial charge in [0.15, 0.2) is 0 Å². The molecule has 1 atom stereocenters. The van der Waals surface area contributed by atoms with Crippen molar-refractivity contribution in [2.75, 3.05) is 18.4 Å². The number of hydrogen-bond donors (Lipinski definition) is 3. The predicted octanol–water partition coefficient (Wildman–Crippen LogP) is 2.70. The average Bonchev–Trinajstić information content (AvgIpc) is 2.78. The van der Waals surface area contributed by atoms with Gasteiger partial charge in [-0.3, -0.25) is 9.69 Å². The zero-order valence-corrected chi connectivity index (χ0v) is 14.4. The Balaban J connectivity index is 1.79. The minimum Gasteiger partial charge on any atom is -0.481 e. The van der Waals surface area contributed by atoms with Crippen LogP contribution in [0.25, 0.3) is 0 Å². The topological polar surface area (TPSA) is 89.9 Å². The third-order valence-corrected chi connectivity index (χ3v) is 4.57. The highest BCUT2D eigenvalue weighted by Crippen LogP contribution is 2.25. The second-order valence-electron chi connectivity index (χ2n) is 6.59. The van der Waals surface area contributed by atoms with Crippen molar-refractivity contribution in [3.8, 4) is 0 Å². The Labute approximate surface area is 152 Å². The van der Waals surface area contributed by atoms with Crippen molar-refractivity contribution in [2.45, 2.75) is 25.4 Å². The van der Waals surface area contributed by atoms with Crippen LogP contribution in [-0.2, 0) is 17.8 Å². The largest absolute Gasteiger partial charge is 0.481 e. The maximum absolute atomic E-state index is 11.2. The van der Waals surface area contributed by atoms with Crippen molar-refractivity contribution in [3.05, 3.63) is 65.2 Å². The summed E-state index contributed by atoms with van der Waals surface area (Å²) in [4.78, 5) is 24.6. The molecule has 1 heterocycles. The first-order chi connectivity index (χ1) is 12.5. The van der Waals surface area contributed by atoms with E-state index in [9.17, 15) is 19.8 Å². The minimum atomic E-state index is -0.991. The number of aliphatic carboxylic acids is 1. The van der Waals surface area contributed by atoms with Crippen LogP contribution < -0.4 is 5.32 Å². The number of nitrogens with one attached hydrogen (secondary N) is 1. The Morgan fingerprint density at radius 3 is 2.58 bits per heavy atom. The number of hydrogen-bond acceptors (Lipinski definition) is 4. The first-order valence-corrected chi connectivity index (χ1v) is 8.62. The maximum Gasteiger partial charge on any atom is 0.335 e. The van der Waals surface area contributed by atoms with E-state index in [2.05, 4.69) is 22.3 Å². The van der Waals surface area contributed by atoms with E-state index in [0.29, 0.717) is 18.8 Å². The van der Waals surface area contributed by atoms with Gasteiger partial charge in [0.1, 0.15) is 0 Å². The first kappa shape index (κ1) is 17.9. The summed E-state index contributed by atoms with van der Waals surface area (Å²) in [6, 6.07) is 14.9. The Morgan fingerprint density at radius 2 is 1.88 bits per heavy atom. The van der Waals surface area contributed by atoms with E-state index in [4.69, 9.17) is 0 Å². The molecule has 0 unspecified atom stereocenters. The Morgan fingerprint density at radius 1 is 1.12 bits per heavy atom. The molecule has 3 N–H and O–H groups in total. The van der Waals surface area contributed by atoms with Gasteiger partial charge in [-0.15, -0.1) is 0 Å². The number of carboxylic acid groups (broad SMARTS) is 2. The molecule has 0 fully saturated rings. The highest BCUT2D eigenvalue weighted by Gasteiger charge is 2.23. The molecule has 0 aliphatic carbocycles. The van der Waals surface area contributed by atoms with Gasteiger partial charge in [0.25, 0.3) is 0 Å². The summed E-state index contributed by atoms with van der Waals surface area (Å²) in [5, 5.41) is 21.6. The van der Waals surface area contributed by atoms with E-state index in [0.717, 1.165) is 18.5 Å². The molecule has 2 aromatic carbocycles. The highest BCUT2D eigenvalue weighted by molar-refractivity contribution is 5.89.